The van der Waals surface area contributed by atoms with Gasteiger partial charge in [-0.3, -0.25) is 0 Å². The number of nitrogens with zero attached hydrogens (tertiary/aromatic N) is 2. The Labute approximate surface area is 86.7 Å². The van der Waals surface area contributed by atoms with Gasteiger partial charge in [0.15, 0.2) is 0 Å². The number of aromatic nitrogens is 2. The summed E-state index contributed by atoms with van der Waals surface area (Å²) in [7, 11) is -3.43. The zero-order valence-corrected chi connectivity index (χ0v) is 9.92. The molecular weight excluding hydrogens is 220 g/mol. The largest absolute Gasteiger partial charge is 0.256 e. The Kier molecular flexibility index (Phi) is 2.35. The normalized spacial score (nSPS) is 18.3. The highest BCUT2D eigenvalue weighted by Crippen LogP contribution is 2.32. The SMILES string of the molecule is C[SH](C)c1cnn(S(=O)(=O)C2CC2)c1. The van der Waals surface area contributed by atoms with Gasteiger partial charge in [0.2, 0.25) is 0 Å². The second-order valence-electron chi connectivity index (χ2n) is 3.71. The van der Waals surface area contributed by atoms with Crippen LogP contribution in [0, 0.1) is 0 Å². The van der Waals surface area contributed by atoms with Gasteiger partial charge in [0.25, 0.3) is 10.0 Å². The first-order valence-electron chi connectivity index (χ1n) is 4.48. The van der Waals surface area contributed by atoms with Gasteiger partial charge in [0.05, 0.1) is 17.6 Å². The summed E-state index contributed by atoms with van der Waals surface area (Å²) in [5.74, 6) is 0. The first-order valence-corrected chi connectivity index (χ1v) is 8.22. The molecule has 0 aliphatic heterocycles. The summed E-state index contributed by atoms with van der Waals surface area (Å²) in [6.45, 7) is 0. The minimum Gasteiger partial charge on any atom is -0.230 e. The summed E-state index contributed by atoms with van der Waals surface area (Å²) in [5.41, 5.74) is 0. The van der Waals surface area contributed by atoms with Gasteiger partial charge >= 0.3 is 0 Å². The molecule has 0 atom stereocenters. The second kappa shape index (κ2) is 3.27. The second-order valence-corrected chi connectivity index (χ2v) is 8.09. The predicted molar refractivity (Wildman–Crippen MR) is 58.7 cm³/mol. The minimum atomic E-state index is -3.16. The smallest absolute Gasteiger partial charge is 0.230 e. The highest BCUT2D eigenvalue weighted by atomic mass is 32.2. The quantitative estimate of drug-likeness (QED) is 0.789. The van der Waals surface area contributed by atoms with Crippen molar-refractivity contribution in [2.75, 3.05) is 12.5 Å². The molecule has 1 fully saturated rings. The van der Waals surface area contributed by atoms with Crippen LogP contribution in [-0.2, 0) is 10.0 Å². The zero-order chi connectivity index (χ0) is 10.3. The van der Waals surface area contributed by atoms with Crippen molar-refractivity contribution < 1.29 is 8.42 Å². The molecule has 1 heterocycles. The summed E-state index contributed by atoms with van der Waals surface area (Å²) < 4.78 is 24.6. The maximum Gasteiger partial charge on any atom is 0.256 e. The van der Waals surface area contributed by atoms with Crippen molar-refractivity contribution in [2.24, 2.45) is 0 Å². The van der Waals surface area contributed by atoms with E-state index >= 15 is 0 Å². The van der Waals surface area contributed by atoms with Crippen molar-refractivity contribution in [1.82, 2.24) is 9.19 Å². The fourth-order valence-corrected chi connectivity index (χ4v) is 3.36. The van der Waals surface area contributed by atoms with Crippen LogP contribution in [0.2, 0.25) is 0 Å². The standard InChI is InChI=1S/C8H14N2O2S2/c1-13(2)7-5-9-10(6-7)14(11,12)8-3-4-8/h5-6,8,13H,3-4H2,1-2H3. The summed E-state index contributed by atoms with van der Waals surface area (Å²) >= 11 is 0. The molecule has 0 N–H and O–H groups in total. The van der Waals surface area contributed by atoms with Gasteiger partial charge in [-0.05, 0) is 25.4 Å². The number of hydrogen-bond donors (Lipinski definition) is 1. The van der Waals surface area contributed by atoms with Crippen molar-refractivity contribution in [3.8, 4) is 0 Å². The van der Waals surface area contributed by atoms with Gasteiger partial charge < -0.3 is 0 Å². The maximum absolute atomic E-state index is 11.7. The Bertz CT molecular complexity index is 432. The molecule has 80 valence electrons. The van der Waals surface area contributed by atoms with E-state index < -0.39 is 10.0 Å². The van der Waals surface area contributed by atoms with Crippen molar-refractivity contribution in [3.05, 3.63) is 12.4 Å². The molecule has 1 saturated carbocycles. The van der Waals surface area contributed by atoms with Crippen LogP contribution in [0.15, 0.2) is 17.3 Å². The van der Waals surface area contributed by atoms with E-state index in [1.807, 2.05) is 0 Å². The average molecular weight is 234 g/mol. The molecule has 0 aromatic carbocycles. The lowest BCUT2D eigenvalue weighted by atomic mass is 10.7. The van der Waals surface area contributed by atoms with E-state index in [1.54, 1.807) is 12.4 Å². The lowest BCUT2D eigenvalue weighted by Gasteiger charge is -2.04. The topological polar surface area (TPSA) is 52.0 Å². The van der Waals surface area contributed by atoms with Crippen molar-refractivity contribution in [1.29, 1.82) is 0 Å². The molecule has 0 bridgehead atoms. The van der Waals surface area contributed by atoms with E-state index in [0.717, 1.165) is 21.8 Å². The molecule has 1 aromatic heterocycles. The summed E-state index contributed by atoms with van der Waals surface area (Å²) in [5, 5.41) is 3.73. The van der Waals surface area contributed by atoms with E-state index in [1.165, 1.54) is 0 Å². The molecule has 1 aliphatic rings. The Morgan fingerprint density at radius 1 is 1.50 bits per heavy atom. The van der Waals surface area contributed by atoms with E-state index in [2.05, 4.69) is 17.6 Å². The number of hydrogen-bond acceptors (Lipinski definition) is 3. The molecule has 0 spiro atoms. The Balaban J connectivity index is 2.33. The molecule has 2 rings (SSSR count). The summed E-state index contributed by atoms with van der Waals surface area (Å²) in [4.78, 5) is 1.03. The lowest BCUT2D eigenvalue weighted by Crippen LogP contribution is -2.17. The molecular formula is C8H14N2O2S2. The van der Waals surface area contributed by atoms with Crippen LogP contribution >= 0.6 is 10.9 Å². The van der Waals surface area contributed by atoms with Crippen LogP contribution in [0.3, 0.4) is 0 Å². The van der Waals surface area contributed by atoms with E-state index in [9.17, 15) is 8.42 Å². The summed E-state index contributed by atoms with van der Waals surface area (Å²) in [6, 6.07) is 0. The van der Waals surface area contributed by atoms with E-state index in [4.69, 9.17) is 0 Å². The Morgan fingerprint density at radius 2 is 2.14 bits per heavy atom. The molecule has 1 aliphatic carbocycles. The maximum atomic E-state index is 11.7. The van der Waals surface area contributed by atoms with Crippen LogP contribution in [0.4, 0.5) is 0 Å². The highest BCUT2D eigenvalue weighted by Gasteiger charge is 2.37. The van der Waals surface area contributed by atoms with Gasteiger partial charge in [-0.15, -0.1) is 0 Å². The van der Waals surface area contributed by atoms with Gasteiger partial charge in [-0.25, -0.2) is 19.3 Å². The van der Waals surface area contributed by atoms with Crippen LogP contribution < -0.4 is 0 Å². The van der Waals surface area contributed by atoms with Gasteiger partial charge in [-0.2, -0.15) is 9.19 Å². The first kappa shape index (κ1) is 10.0. The third-order valence-electron chi connectivity index (χ3n) is 2.27. The number of thiol groups is 1. The predicted octanol–water partition coefficient (Wildman–Crippen LogP) is 0.843. The van der Waals surface area contributed by atoms with Gasteiger partial charge in [-0.1, -0.05) is 0 Å². The monoisotopic (exact) mass is 234 g/mol. The first-order chi connectivity index (χ1) is 6.51. The van der Waals surface area contributed by atoms with Gasteiger partial charge in [0, 0.05) is 4.90 Å². The molecule has 14 heavy (non-hydrogen) atoms. The van der Waals surface area contributed by atoms with E-state index in [-0.39, 0.29) is 16.1 Å². The Morgan fingerprint density at radius 3 is 2.57 bits per heavy atom. The fraction of sp³-hybridized carbons (Fsp3) is 0.625. The third-order valence-corrected chi connectivity index (χ3v) is 5.57. The zero-order valence-electron chi connectivity index (χ0n) is 8.21. The molecule has 0 amide bonds. The van der Waals surface area contributed by atoms with Crippen LogP contribution in [-0.4, -0.2) is 35.4 Å². The molecule has 0 unspecified atom stereocenters. The summed E-state index contributed by atoms with van der Waals surface area (Å²) in [6.07, 6.45) is 9.04. The van der Waals surface area contributed by atoms with Crippen molar-refractivity contribution in [3.63, 3.8) is 0 Å². The van der Waals surface area contributed by atoms with Crippen molar-refractivity contribution >= 4 is 20.9 Å². The minimum absolute atomic E-state index is 0.185. The van der Waals surface area contributed by atoms with Crippen LogP contribution in [0.5, 0.6) is 0 Å². The molecule has 1 aromatic rings. The molecule has 0 radical (unpaired) electrons. The molecule has 4 nitrogen and oxygen atoms in total. The lowest BCUT2D eigenvalue weighted by molar-refractivity contribution is 0.578. The molecule has 0 saturated heterocycles. The van der Waals surface area contributed by atoms with Crippen molar-refractivity contribution in [2.45, 2.75) is 23.0 Å². The Hall–Kier alpha value is -0.490. The van der Waals surface area contributed by atoms with Gasteiger partial charge in [0.1, 0.15) is 0 Å². The van der Waals surface area contributed by atoms with E-state index in [0.29, 0.717) is 0 Å². The average Bonchev–Trinajstić information content (AvgIpc) is 2.82. The highest BCUT2D eigenvalue weighted by molar-refractivity contribution is 8.15. The third kappa shape index (κ3) is 1.68. The number of rotatable bonds is 3. The molecule has 6 heteroatoms. The van der Waals surface area contributed by atoms with Crippen LogP contribution in [0.1, 0.15) is 12.8 Å². The fourth-order valence-electron chi connectivity index (χ4n) is 1.18. The van der Waals surface area contributed by atoms with Crippen LogP contribution in [0.25, 0.3) is 0 Å².